The molecule has 2 atom stereocenters. The molecule has 0 aromatic heterocycles. The summed E-state index contributed by atoms with van der Waals surface area (Å²) in [7, 11) is 2.55. The zero-order valence-electron chi connectivity index (χ0n) is 22.0. The maximum Gasteiger partial charge on any atom is 0.319 e. The molecule has 0 saturated carbocycles. The van der Waals surface area contributed by atoms with E-state index in [0.717, 1.165) is 18.4 Å². The van der Waals surface area contributed by atoms with E-state index in [4.69, 9.17) is 9.47 Å². The Morgan fingerprint density at radius 1 is 0.947 bits per heavy atom. The van der Waals surface area contributed by atoms with E-state index in [1.807, 2.05) is 54.6 Å². The minimum absolute atomic E-state index is 0.124. The van der Waals surface area contributed by atoms with Crippen molar-refractivity contribution >= 4 is 29.6 Å². The summed E-state index contributed by atoms with van der Waals surface area (Å²) in [5, 5.41) is 0. The number of carbonyl (C=O) groups excluding carboxylic acids is 4. The van der Waals surface area contributed by atoms with Crippen LogP contribution >= 0.6 is 0 Å². The van der Waals surface area contributed by atoms with Crippen LogP contribution < -0.4 is 0 Å². The summed E-state index contributed by atoms with van der Waals surface area (Å²) >= 11 is 0. The summed E-state index contributed by atoms with van der Waals surface area (Å²) in [6.45, 7) is 1.33. The first-order chi connectivity index (χ1) is 18.4. The Bertz CT molecular complexity index is 1020. The van der Waals surface area contributed by atoms with E-state index in [1.165, 1.54) is 19.8 Å². The number of benzene rings is 2. The van der Waals surface area contributed by atoms with E-state index in [9.17, 15) is 19.2 Å². The van der Waals surface area contributed by atoms with Crippen LogP contribution in [0.2, 0.25) is 0 Å². The third-order valence-electron chi connectivity index (χ3n) is 5.76. The van der Waals surface area contributed by atoms with E-state index in [-0.39, 0.29) is 30.8 Å². The molecule has 204 valence electrons. The molecule has 0 N–H and O–H groups in total. The quantitative estimate of drug-likeness (QED) is 0.233. The van der Waals surface area contributed by atoms with Gasteiger partial charge in [0.1, 0.15) is 18.1 Å². The number of carbonyl (C=O) groups is 4. The molecule has 0 aliphatic carbocycles. The summed E-state index contributed by atoms with van der Waals surface area (Å²) in [4.78, 5) is 45.6. The van der Waals surface area contributed by atoms with Crippen molar-refractivity contribution in [3.8, 4) is 0 Å². The maximum absolute atomic E-state index is 11.8. The van der Waals surface area contributed by atoms with Crippen LogP contribution in [0.5, 0.6) is 0 Å². The molecule has 0 unspecified atom stereocenters. The number of ether oxygens (including phenoxy) is 4. The molecule has 1 aliphatic rings. The SMILES string of the molecule is COC(=O)CC(=O)CCOCCCc1ccccc1.COC(=O)[C@H]1C(=O)CCO[C@@H]1/C=C/c1ccccc1. The number of aryl methyl sites for hydroxylation is 1. The topological polar surface area (TPSA) is 105 Å². The van der Waals surface area contributed by atoms with Gasteiger partial charge in [0.05, 0.1) is 33.5 Å². The Balaban J connectivity index is 0.000000267. The molecular formula is C30H36O8. The minimum Gasteiger partial charge on any atom is -0.469 e. The number of esters is 2. The summed E-state index contributed by atoms with van der Waals surface area (Å²) in [5.41, 5.74) is 2.28. The second-order valence-corrected chi connectivity index (χ2v) is 8.57. The van der Waals surface area contributed by atoms with Crippen LogP contribution in [-0.4, -0.2) is 63.6 Å². The van der Waals surface area contributed by atoms with Gasteiger partial charge in [-0.2, -0.15) is 0 Å². The number of hydrogen-bond acceptors (Lipinski definition) is 8. The average molecular weight is 525 g/mol. The molecule has 1 saturated heterocycles. The first kappa shape index (κ1) is 30.6. The van der Waals surface area contributed by atoms with Gasteiger partial charge in [-0.1, -0.05) is 72.8 Å². The lowest BCUT2D eigenvalue weighted by molar-refractivity contribution is -0.158. The molecule has 38 heavy (non-hydrogen) atoms. The smallest absolute Gasteiger partial charge is 0.319 e. The van der Waals surface area contributed by atoms with Crippen molar-refractivity contribution in [2.45, 2.75) is 38.2 Å². The maximum atomic E-state index is 11.8. The normalized spacial score (nSPS) is 16.8. The molecule has 2 aromatic carbocycles. The van der Waals surface area contributed by atoms with Crippen LogP contribution in [0, 0.1) is 5.92 Å². The zero-order chi connectivity index (χ0) is 27.6. The van der Waals surface area contributed by atoms with Gasteiger partial charge >= 0.3 is 11.9 Å². The van der Waals surface area contributed by atoms with E-state index in [2.05, 4.69) is 21.6 Å². The molecule has 0 amide bonds. The largest absolute Gasteiger partial charge is 0.469 e. The average Bonchev–Trinajstić information content (AvgIpc) is 2.94. The molecule has 1 aliphatic heterocycles. The predicted octanol–water partition coefficient (Wildman–Crippen LogP) is 4.01. The lowest BCUT2D eigenvalue weighted by atomic mass is 9.92. The van der Waals surface area contributed by atoms with Gasteiger partial charge in [0, 0.05) is 19.4 Å². The van der Waals surface area contributed by atoms with E-state index in [1.54, 1.807) is 6.08 Å². The van der Waals surface area contributed by atoms with Crippen LogP contribution in [0.4, 0.5) is 0 Å². The van der Waals surface area contributed by atoms with E-state index in [0.29, 0.717) is 19.8 Å². The summed E-state index contributed by atoms with van der Waals surface area (Å²) < 4.78 is 19.9. The number of methoxy groups -OCH3 is 2. The van der Waals surface area contributed by atoms with Crippen LogP contribution in [0.1, 0.15) is 36.8 Å². The number of rotatable bonds is 12. The molecule has 1 fully saturated rings. The first-order valence-corrected chi connectivity index (χ1v) is 12.6. The van der Waals surface area contributed by atoms with Crippen molar-refractivity contribution in [3.05, 3.63) is 77.9 Å². The summed E-state index contributed by atoms with van der Waals surface area (Å²) in [6, 6.07) is 19.8. The third-order valence-corrected chi connectivity index (χ3v) is 5.76. The Morgan fingerprint density at radius 2 is 1.63 bits per heavy atom. The Hall–Kier alpha value is -3.62. The van der Waals surface area contributed by atoms with Gasteiger partial charge < -0.3 is 18.9 Å². The number of hydrogen-bond donors (Lipinski definition) is 0. The fourth-order valence-electron chi connectivity index (χ4n) is 3.69. The van der Waals surface area contributed by atoms with Crippen molar-refractivity contribution in [3.63, 3.8) is 0 Å². The van der Waals surface area contributed by atoms with E-state index < -0.39 is 24.0 Å². The van der Waals surface area contributed by atoms with Gasteiger partial charge in [-0.25, -0.2) is 0 Å². The van der Waals surface area contributed by atoms with Gasteiger partial charge in [0.25, 0.3) is 0 Å². The Morgan fingerprint density at radius 3 is 2.29 bits per heavy atom. The lowest BCUT2D eigenvalue weighted by Gasteiger charge is -2.26. The molecule has 0 radical (unpaired) electrons. The van der Waals surface area contributed by atoms with Gasteiger partial charge in [0.15, 0.2) is 5.78 Å². The lowest BCUT2D eigenvalue weighted by Crippen LogP contribution is -2.41. The molecule has 8 heteroatoms. The second kappa shape index (κ2) is 17.8. The molecular weight excluding hydrogens is 488 g/mol. The second-order valence-electron chi connectivity index (χ2n) is 8.57. The fourth-order valence-corrected chi connectivity index (χ4v) is 3.69. The van der Waals surface area contributed by atoms with Gasteiger partial charge in [-0.15, -0.1) is 0 Å². The molecule has 1 heterocycles. The highest BCUT2D eigenvalue weighted by Gasteiger charge is 2.37. The molecule has 3 rings (SSSR count). The van der Waals surface area contributed by atoms with Crippen molar-refractivity contribution in [1.29, 1.82) is 0 Å². The molecule has 0 spiro atoms. The van der Waals surface area contributed by atoms with Crippen molar-refractivity contribution < 1.29 is 38.1 Å². The highest BCUT2D eigenvalue weighted by atomic mass is 16.5. The molecule has 2 aromatic rings. The highest BCUT2D eigenvalue weighted by Crippen LogP contribution is 2.21. The Labute approximate surface area is 223 Å². The number of ketones is 2. The molecule has 0 bridgehead atoms. The van der Waals surface area contributed by atoms with Crippen molar-refractivity contribution in [1.82, 2.24) is 0 Å². The Kier molecular flexibility index (Phi) is 14.3. The molecule has 8 nitrogen and oxygen atoms in total. The first-order valence-electron chi connectivity index (χ1n) is 12.6. The van der Waals surface area contributed by atoms with Crippen molar-refractivity contribution in [2.75, 3.05) is 34.0 Å². The zero-order valence-corrected chi connectivity index (χ0v) is 22.0. The van der Waals surface area contributed by atoms with E-state index >= 15 is 0 Å². The highest BCUT2D eigenvalue weighted by molar-refractivity contribution is 6.00. The minimum atomic E-state index is -0.848. The monoisotopic (exact) mass is 524 g/mol. The van der Waals surface area contributed by atoms with Crippen molar-refractivity contribution in [2.24, 2.45) is 5.92 Å². The van der Waals surface area contributed by atoms with Gasteiger partial charge in [0.2, 0.25) is 0 Å². The van der Waals surface area contributed by atoms with Crippen LogP contribution in [0.15, 0.2) is 66.7 Å². The number of Topliss-reactive ketones (excluding diaryl/α,β-unsaturated/α-hetero) is 2. The van der Waals surface area contributed by atoms with Gasteiger partial charge in [-0.3, -0.25) is 19.2 Å². The third kappa shape index (κ3) is 11.6. The van der Waals surface area contributed by atoms with Crippen LogP contribution in [-0.2, 0) is 44.5 Å². The predicted molar refractivity (Wildman–Crippen MR) is 142 cm³/mol. The van der Waals surface area contributed by atoms with Crippen LogP contribution in [0.3, 0.4) is 0 Å². The van der Waals surface area contributed by atoms with Crippen LogP contribution in [0.25, 0.3) is 6.08 Å². The fraction of sp³-hybridized carbons (Fsp3) is 0.400. The standard InChI is InChI=1S/C15H16O4.C15H20O4/c1-18-15(17)14-12(16)9-10-19-13(14)8-7-11-5-3-2-4-6-11;1-18-15(17)12-14(16)9-11-19-10-5-8-13-6-3-2-4-7-13/h2-8,13-14H,9-10H2,1H3;2-4,6-7H,5,8-12H2,1H3/b8-7+;/t13-,14+;/m1./s1. The summed E-state index contributed by atoms with van der Waals surface area (Å²) in [5.74, 6) is -2.14. The summed E-state index contributed by atoms with van der Waals surface area (Å²) in [6.07, 6.45) is 5.30. The van der Waals surface area contributed by atoms with Gasteiger partial charge in [-0.05, 0) is 24.0 Å².